The Morgan fingerprint density at radius 1 is 1.20 bits per heavy atom. The third-order valence-electron chi connectivity index (χ3n) is 3.89. The van der Waals surface area contributed by atoms with Crippen LogP contribution < -0.4 is 11.1 Å². The second-order valence-corrected chi connectivity index (χ2v) is 10.7. The first-order chi connectivity index (χ1) is 13.7. The number of hydrogen-bond acceptors (Lipinski definition) is 11. The Balaban J connectivity index is 1.87. The van der Waals surface area contributed by atoms with E-state index >= 15 is 0 Å². The van der Waals surface area contributed by atoms with E-state index in [0.717, 1.165) is 0 Å². The highest BCUT2D eigenvalue weighted by molar-refractivity contribution is 7.66. The van der Waals surface area contributed by atoms with Crippen molar-refractivity contribution in [1.29, 1.82) is 0 Å². The van der Waals surface area contributed by atoms with Gasteiger partial charge in [-0.15, -0.1) is 0 Å². The molecule has 0 aromatic heterocycles. The van der Waals surface area contributed by atoms with Crippen molar-refractivity contribution < 1.29 is 56.3 Å². The van der Waals surface area contributed by atoms with Gasteiger partial charge < -0.3 is 35.3 Å². The fraction of sp³-hybridized carbons (Fsp3) is 0.636. The minimum Gasteiger partial charge on any atom is -0.396 e. The van der Waals surface area contributed by atoms with Gasteiger partial charge in [-0.05, 0) is 12.6 Å². The van der Waals surface area contributed by atoms with Crippen LogP contribution in [-0.4, -0.2) is 67.4 Å². The average Bonchev–Trinajstić information content (AvgIpc) is 2.93. The number of phosphoric acid groups is 3. The lowest BCUT2D eigenvalue weighted by Crippen LogP contribution is -2.51. The van der Waals surface area contributed by atoms with Crippen LogP contribution in [0.25, 0.3) is 0 Å². The molecule has 0 aliphatic carbocycles. The van der Waals surface area contributed by atoms with Crippen LogP contribution in [0.1, 0.15) is 6.42 Å². The van der Waals surface area contributed by atoms with Gasteiger partial charge in [0.15, 0.2) is 5.96 Å². The highest BCUT2D eigenvalue weighted by Crippen LogP contribution is 2.66. The van der Waals surface area contributed by atoms with E-state index < -0.39 is 48.1 Å². The first kappa shape index (κ1) is 25.1. The third kappa shape index (κ3) is 7.52. The first-order valence-electron chi connectivity index (χ1n) is 8.19. The van der Waals surface area contributed by atoms with Crippen LogP contribution in [0.4, 0.5) is 0 Å². The van der Waals surface area contributed by atoms with E-state index in [2.05, 4.69) is 23.5 Å². The van der Waals surface area contributed by atoms with Gasteiger partial charge >= 0.3 is 23.5 Å². The second kappa shape index (κ2) is 9.55. The quantitative estimate of drug-likeness (QED) is 0.162. The van der Waals surface area contributed by atoms with Crippen LogP contribution >= 0.6 is 23.5 Å². The predicted octanol–water partition coefficient (Wildman–Crippen LogP) is -1.46. The van der Waals surface area contributed by atoms with Crippen LogP contribution in [0.3, 0.4) is 0 Å². The van der Waals surface area contributed by atoms with Gasteiger partial charge in [-0.2, -0.15) is 8.62 Å². The van der Waals surface area contributed by atoms with Gasteiger partial charge in [-0.3, -0.25) is 14.6 Å². The molecule has 8 N–H and O–H groups in total. The molecule has 2 heterocycles. The number of nitrogens with two attached hydrogens (primary N) is 1. The van der Waals surface area contributed by atoms with Gasteiger partial charge in [0.25, 0.3) is 0 Å². The molecule has 0 fully saturated rings. The van der Waals surface area contributed by atoms with Gasteiger partial charge in [-0.1, -0.05) is 6.08 Å². The fourth-order valence-corrected chi connectivity index (χ4v) is 5.73. The lowest BCUT2D eigenvalue weighted by atomic mass is 10.0. The second-order valence-electron chi connectivity index (χ2n) is 6.24. The number of aliphatic hydroxyl groups is 1. The molecule has 2 aliphatic heterocycles. The monoisotopic (exact) mass is 494 g/mol. The summed E-state index contributed by atoms with van der Waals surface area (Å²) in [5, 5.41) is 11.9. The number of aliphatic hydroxyl groups excluding tert-OH is 1. The Labute approximate surface area is 169 Å². The summed E-state index contributed by atoms with van der Waals surface area (Å²) >= 11 is 0. The summed E-state index contributed by atoms with van der Waals surface area (Å²) in [6, 6.07) is 0. The van der Waals surface area contributed by atoms with Gasteiger partial charge in [0, 0.05) is 19.1 Å². The van der Waals surface area contributed by atoms with Crippen LogP contribution in [0.2, 0.25) is 0 Å². The summed E-state index contributed by atoms with van der Waals surface area (Å²) in [5.41, 5.74) is 5.54. The van der Waals surface area contributed by atoms with E-state index in [9.17, 15) is 28.5 Å². The Morgan fingerprint density at radius 3 is 2.47 bits per heavy atom. The maximum Gasteiger partial charge on any atom is 0.490 e. The van der Waals surface area contributed by atoms with E-state index in [-0.39, 0.29) is 31.4 Å². The largest absolute Gasteiger partial charge is 0.490 e. The molecule has 5 unspecified atom stereocenters. The van der Waals surface area contributed by atoms with Gasteiger partial charge in [0.2, 0.25) is 5.91 Å². The summed E-state index contributed by atoms with van der Waals surface area (Å²) in [5.74, 6) is -1.49. The number of aliphatic imine (C=N–C) groups is 1. The zero-order chi connectivity index (χ0) is 22.7. The number of nitrogens with zero attached hydrogens (tertiary/aromatic N) is 2. The molecule has 0 saturated carbocycles. The molecule has 16 nitrogen and oxygen atoms in total. The zero-order valence-electron chi connectivity index (χ0n) is 15.1. The highest BCUT2D eigenvalue weighted by atomic mass is 31.3. The van der Waals surface area contributed by atoms with Gasteiger partial charge in [0.1, 0.15) is 6.17 Å². The molecule has 2 rings (SSSR count). The van der Waals surface area contributed by atoms with Gasteiger partial charge in [-0.25, -0.2) is 18.7 Å². The van der Waals surface area contributed by atoms with Crippen molar-refractivity contribution in [3.63, 3.8) is 0 Å². The molecular weight excluding hydrogens is 473 g/mol. The Morgan fingerprint density at radius 2 is 1.87 bits per heavy atom. The maximum absolute atomic E-state index is 11.9. The molecule has 30 heavy (non-hydrogen) atoms. The number of hydrogen-bond donors (Lipinski definition) is 7. The smallest absolute Gasteiger partial charge is 0.396 e. The molecule has 0 spiro atoms. The van der Waals surface area contributed by atoms with Crippen molar-refractivity contribution >= 4 is 35.3 Å². The lowest BCUT2D eigenvalue weighted by Gasteiger charge is -2.31. The van der Waals surface area contributed by atoms with E-state index in [0.29, 0.717) is 0 Å². The van der Waals surface area contributed by atoms with Gasteiger partial charge in [0.05, 0.1) is 12.5 Å². The van der Waals surface area contributed by atoms with Crippen molar-refractivity contribution in [3.05, 3.63) is 12.3 Å². The molecule has 0 aromatic rings. The number of fused-ring (bicyclic) bond motifs is 1. The minimum absolute atomic E-state index is 0.0351. The summed E-state index contributed by atoms with van der Waals surface area (Å²) in [6.45, 7) is -0.753. The molecule has 172 valence electrons. The van der Waals surface area contributed by atoms with Crippen LogP contribution in [-0.2, 0) is 31.6 Å². The number of phosphoric ester groups is 1. The standard InChI is InChI=1S/C11H21N4O12P3/c12-11-13-9-8(10(17)14-11)1-3-15(9)5-7(6-16)2-4-25-29(21,22)27-30(23,24)26-28(18,19)20/h1,3,7-9,16H,2,4-6H2,(H,21,22)(H,23,24)(H2,18,19,20)(H3,12,13,14,17). The fourth-order valence-electron chi connectivity index (χ4n) is 2.70. The van der Waals surface area contributed by atoms with Crippen LogP contribution in [0.15, 0.2) is 17.3 Å². The molecule has 2 aliphatic rings. The summed E-state index contributed by atoms with van der Waals surface area (Å²) in [7, 11) is -16.3. The Hall–Kier alpha value is -1.15. The number of carbonyl (C=O) groups is 1. The van der Waals surface area contributed by atoms with E-state index in [1.54, 1.807) is 17.2 Å². The van der Waals surface area contributed by atoms with Crippen molar-refractivity contribution in [2.24, 2.45) is 22.6 Å². The average molecular weight is 494 g/mol. The summed E-state index contributed by atoms with van der Waals surface area (Å²) < 4.78 is 45.2. The van der Waals surface area contributed by atoms with E-state index in [1.807, 2.05) is 0 Å². The normalized spacial score (nSPS) is 26.4. The number of amides is 1. The third-order valence-corrected chi connectivity index (χ3v) is 7.73. The molecule has 0 radical (unpaired) electrons. The zero-order valence-corrected chi connectivity index (χ0v) is 17.8. The molecule has 0 bridgehead atoms. The highest BCUT2D eigenvalue weighted by Gasteiger charge is 2.41. The van der Waals surface area contributed by atoms with E-state index in [1.165, 1.54) is 0 Å². The number of rotatable bonds is 11. The summed E-state index contributed by atoms with van der Waals surface area (Å²) in [6.07, 6.45) is 2.57. The minimum atomic E-state index is -5.59. The number of nitrogens with one attached hydrogen (secondary N) is 1. The molecular formula is C11H21N4O12P3. The first-order valence-corrected chi connectivity index (χ1v) is 12.7. The van der Waals surface area contributed by atoms with Crippen LogP contribution in [0.5, 0.6) is 0 Å². The Bertz CT molecular complexity index is 858. The molecule has 1 amide bonds. The number of carbonyl (C=O) groups excluding carboxylic acids is 1. The summed E-state index contributed by atoms with van der Waals surface area (Å²) in [4.78, 5) is 53.1. The predicted molar refractivity (Wildman–Crippen MR) is 97.9 cm³/mol. The molecule has 5 atom stereocenters. The SMILES string of the molecule is NC1=NC2C(C=CN2CC(CO)CCOP(=O)(O)OP(=O)(O)OP(=O)(O)O)C(=O)N1. The molecule has 0 saturated heterocycles. The topological polar surface area (TPSA) is 251 Å². The lowest BCUT2D eigenvalue weighted by molar-refractivity contribution is -0.123. The molecule has 19 heteroatoms. The van der Waals surface area contributed by atoms with Crippen molar-refractivity contribution in [3.8, 4) is 0 Å². The van der Waals surface area contributed by atoms with Crippen LogP contribution in [0, 0.1) is 11.8 Å². The van der Waals surface area contributed by atoms with Crippen molar-refractivity contribution in [2.75, 3.05) is 19.8 Å². The Kier molecular flexibility index (Phi) is 8.00. The maximum atomic E-state index is 11.9. The van der Waals surface area contributed by atoms with E-state index in [4.69, 9.17) is 20.4 Å². The number of guanidine groups is 1. The molecule has 0 aromatic carbocycles. The van der Waals surface area contributed by atoms with Crippen molar-refractivity contribution in [1.82, 2.24) is 10.2 Å². The van der Waals surface area contributed by atoms with Crippen molar-refractivity contribution in [2.45, 2.75) is 12.6 Å².